The number of aliphatic hydroxyl groups is 2. The molecule has 0 spiro atoms. The molecule has 4 aliphatic carbocycles. The maximum absolute atomic E-state index is 13.7. The molecule has 0 aromatic carbocycles. The molecule has 0 radical (unpaired) electrons. The lowest BCUT2D eigenvalue weighted by Crippen LogP contribution is -2.62. The van der Waals surface area contributed by atoms with E-state index in [-0.39, 0.29) is 34.5 Å². The first-order valence-electron chi connectivity index (χ1n) is 15.0. The Morgan fingerprint density at radius 2 is 1.84 bits per heavy atom. The molecule has 1 aromatic rings. The van der Waals surface area contributed by atoms with Gasteiger partial charge in [-0.2, -0.15) is 0 Å². The molecule has 7 heteroatoms. The molecule has 1 heterocycles. The number of anilines is 1. The molecule has 0 bridgehead atoms. The Hall–Kier alpha value is -1.73. The zero-order valence-electron chi connectivity index (χ0n) is 23.5. The van der Waals surface area contributed by atoms with Crippen LogP contribution in [0.4, 0.5) is 10.2 Å². The zero-order valence-corrected chi connectivity index (χ0v) is 23.5. The van der Waals surface area contributed by atoms with Gasteiger partial charge in [-0.3, -0.25) is 0 Å². The molecule has 0 amide bonds. The number of aromatic nitrogens is 1. The van der Waals surface area contributed by atoms with Gasteiger partial charge < -0.3 is 20.6 Å². The summed E-state index contributed by atoms with van der Waals surface area (Å²) in [5, 5.41) is 34.8. The Morgan fingerprint density at radius 3 is 2.55 bits per heavy atom. The van der Waals surface area contributed by atoms with Crippen LogP contribution in [0.2, 0.25) is 0 Å². The highest BCUT2D eigenvalue weighted by atomic mass is 19.1. The molecule has 11 atom stereocenters. The van der Waals surface area contributed by atoms with Crippen molar-refractivity contribution in [3.63, 3.8) is 0 Å². The van der Waals surface area contributed by atoms with Crippen LogP contribution < -0.4 is 5.32 Å². The van der Waals surface area contributed by atoms with Crippen molar-refractivity contribution >= 4 is 11.8 Å². The monoisotopic (exact) mass is 530 g/mol. The number of aliphatic hydroxyl groups excluding tert-OH is 2. The highest BCUT2D eigenvalue weighted by Gasteiger charge is 2.64. The van der Waals surface area contributed by atoms with E-state index in [9.17, 15) is 24.5 Å². The number of nitrogens with one attached hydrogen (secondary N) is 1. The number of rotatable bonds is 7. The molecular weight excluding hydrogens is 483 g/mol. The summed E-state index contributed by atoms with van der Waals surface area (Å²) in [6.45, 7) is 10.2. The average Bonchev–Trinajstić information content (AvgIpc) is 3.23. The summed E-state index contributed by atoms with van der Waals surface area (Å²) >= 11 is 0. The van der Waals surface area contributed by atoms with Gasteiger partial charge in [-0.15, -0.1) is 0 Å². The van der Waals surface area contributed by atoms with Crippen LogP contribution in [0.25, 0.3) is 0 Å². The van der Waals surface area contributed by atoms with Crippen LogP contribution in [0.1, 0.15) is 95.8 Å². The zero-order chi connectivity index (χ0) is 27.4. The van der Waals surface area contributed by atoms with E-state index in [4.69, 9.17) is 0 Å². The fraction of sp³-hybridized carbons (Fsp3) is 0.806. The van der Waals surface area contributed by atoms with Crippen molar-refractivity contribution in [3.05, 3.63) is 23.6 Å². The van der Waals surface area contributed by atoms with E-state index < -0.39 is 11.8 Å². The van der Waals surface area contributed by atoms with Crippen molar-refractivity contribution in [2.24, 2.45) is 52.3 Å². The van der Waals surface area contributed by atoms with E-state index in [0.29, 0.717) is 47.9 Å². The number of nitrogens with zero attached hydrogens (tertiary/aromatic N) is 1. The molecule has 4 N–H and O–H groups in total. The van der Waals surface area contributed by atoms with E-state index in [0.717, 1.165) is 38.3 Å². The summed E-state index contributed by atoms with van der Waals surface area (Å²) in [5.41, 5.74) is 0.0654. The third-order valence-electron chi connectivity index (χ3n) is 12.1. The van der Waals surface area contributed by atoms with Gasteiger partial charge in [0.2, 0.25) is 0 Å². The van der Waals surface area contributed by atoms with Crippen molar-refractivity contribution < 1.29 is 24.5 Å². The summed E-state index contributed by atoms with van der Waals surface area (Å²) in [4.78, 5) is 15.3. The number of carbonyl (C=O) groups is 1. The first-order chi connectivity index (χ1) is 18.0. The molecule has 212 valence electrons. The van der Waals surface area contributed by atoms with Gasteiger partial charge in [0.05, 0.1) is 18.4 Å². The topological polar surface area (TPSA) is 103 Å². The Morgan fingerprint density at radius 1 is 1.13 bits per heavy atom. The smallest absolute Gasteiger partial charge is 0.338 e. The highest BCUT2D eigenvalue weighted by Crippen LogP contribution is 2.69. The quantitative estimate of drug-likeness (QED) is 0.346. The van der Waals surface area contributed by atoms with Crippen molar-refractivity contribution in [1.82, 2.24) is 4.98 Å². The van der Waals surface area contributed by atoms with Gasteiger partial charge in [0.1, 0.15) is 11.4 Å². The number of pyridine rings is 1. The van der Waals surface area contributed by atoms with Gasteiger partial charge in [-0.05, 0) is 110 Å². The SMILES string of the molecule is CC[C@H]1[C@@H](O)[C@@H]2[C@H](CC[C@]3(C)[C@@H]([C@H](C)CCNc4cc(C(=O)O)c(F)cn4)CC[C@@H]23)[C@@]2(C)CC[C@@H](O)C[C@@H]12. The molecule has 6 nitrogen and oxygen atoms in total. The number of carboxylic acids is 1. The molecule has 0 unspecified atom stereocenters. The number of carboxylic acid groups (broad SMARTS) is 1. The molecule has 4 aliphatic rings. The van der Waals surface area contributed by atoms with Crippen molar-refractivity contribution in [3.8, 4) is 0 Å². The second kappa shape index (κ2) is 10.3. The second-order valence-electron chi connectivity index (χ2n) is 13.7. The number of fused-ring (bicyclic) bond motifs is 5. The highest BCUT2D eigenvalue weighted by molar-refractivity contribution is 5.88. The lowest BCUT2D eigenvalue weighted by Gasteiger charge is -2.64. The van der Waals surface area contributed by atoms with Gasteiger partial charge in [0.15, 0.2) is 5.82 Å². The average molecular weight is 531 g/mol. The van der Waals surface area contributed by atoms with Crippen molar-refractivity contribution in [1.29, 1.82) is 0 Å². The Balaban J connectivity index is 1.28. The van der Waals surface area contributed by atoms with Crippen LogP contribution in [-0.2, 0) is 0 Å². The van der Waals surface area contributed by atoms with Crippen LogP contribution >= 0.6 is 0 Å². The van der Waals surface area contributed by atoms with Crippen LogP contribution in [-0.4, -0.2) is 45.0 Å². The van der Waals surface area contributed by atoms with Gasteiger partial charge in [-0.1, -0.05) is 34.1 Å². The van der Waals surface area contributed by atoms with Crippen molar-refractivity contribution in [2.75, 3.05) is 11.9 Å². The molecule has 0 saturated heterocycles. The molecular formula is C31H47FN2O4. The Kier molecular flexibility index (Phi) is 7.58. The first kappa shape index (κ1) is 27.8. The summed E-state index contributed by atoms with van der Waals surface area (Å²) in [6.07, 6.45) is 9.96. The van der Waals surface area contributed by atoms with E-state index in [1.165, 1.54) is 31.7 Å². The second-order valence-corrected chi connectivity index (χ2v) is 13.7. The summed E-state index contributed by atoms with van der Waals surface area (Å²) in [5.74, 6) is 1.46. The summed E-state index contributed by atoms with van der Waals surface area (Å²) in [6, 6.07) is 1.27. The predicted octanol–water partition coefficient (Wildman–Crippen LogP) is 5.98. The number of hydrogen-bond acceptors (Lipinski definition) is 5. The number of halogens is 1. The predicted molar refractivity (Wildman–Crippen MR) is 145 cm³/mol. The van der Waals surface area contributed by atoms with Crippen LogP contribution in [0, 0.1) is 58.1 Å². The normalized spacial score (nSPS) is 43.0. The first-order valence-corrected chi connectivity index (χ1v) is 15.0. The van der Waals surface area contributed by atoms with Gasteiger partial charge in [0.25, 0.3) is 0 Å². The molecule has 1 aromatic heterocycles. The van der Waals surface area contributed by atoms with E-state index >= 15 is 0 Å². The molecule has 4 saturated carbocycles. The van der Waals surface area contributed by atoms with E-state index in [1.807, 2.05) is 0 Å². The third kappa shape index (κ3) is 4.46. The fourth-order valence-corrected chi connectivity index (χ4v) is 10.3. The molecule has 5 rings (SSSR count). The minimum Gasteiger partial charge on any atom is -0.478 e. The standard InChI is InChI=1S/C31H47FN2O4/c1-5-19-24-14-18(35)8-11-31(24,4)23-9-12-30(3)21(6-7-22(30)27(23)28(19)36)17(2)10-13-33-26-15-20(29(37)38)25(32)16-34-26/h15-19,21-24,27-28,35-36H,5-14H2,1-4H3,(H,33,34)(H,37,38)/t17-,18-,19-,21-,22+,23+,24+,27+,28-,30-,31-/m1/s1. The summed E-state index contributed by atoms with van der Waals surface area (Å²) in [7, 11) is 0. The minimum absolute atomic E-state index is 0.210. The van der Waals surface area contributed by atoms with Gasteiger partial charge in [0, 0.05) is 6.54 Å². The lowest BCUT2D eigenvalue weighted by atomic mass is 9.41. The number of aromatic carboxylic acids is 1. The van der Waals surface area contributed by atoms with Gasteiger partial charge in [-0.25, -0.2) is 14.2 Å². The molecule has 4 fully saturated rings. The van der Waals surface area contributed by atoms with E-state index in [1.54, 1.807) is 0 Å². The maximum Gasteiger partial charge on any atom is 0.338 e. The maximum atomic E-state index is 13.7. The lowest BCUT2D eigenvalue weighted by molar-refractivity contribution is -0.203. The molecule has 38 heavy (non-hydrogen) atoms. The van der Waals surface area contributed by atoms with Crippen LogP contribution in [0.5, 0.6) is 0 Å². The Bertz CT molecular complexity index is 1040. The summed E-state index contributed by atoms with van der Waals surface area (Å²) < 4.78 is 13.7. The van der Waals surface area contributed by atoms with Gasteiger partial charge >= 0.3 is 5.97 Å². The fourth-order valence-electron chi connectivity index (χ4n) is 10.3. The van der Waals surface area contributed by atoms with Crippen molar-refractivity contribution in [2.45, 2.75) is 97.7 Å². The van der Waals surface area contributed by atoms with Crippen LogP contribution in [0.3, 0.4) is 0 Å². The molecule has 0 aliphatic heterocycles. The Labute approximate surface area is 226 Å². The largest absolute Gasteiger partial charge is 0.478 e. The van der Waals surface area contributed by atoms with Crippen LogP contribution in [0.15, 0.2) is 12.3 Å². The van der Waals surface area contributed by atoms with E-state index in [2.05, 4.69) is 38.0 Å². The number of hydrogen-bond donors (Lipinski definition) is 4. The minimum atomic E-state index is -1.29. The third-order valence-corrected chi connectivity index (χ3v) is 12.1.